The van der Waals surface area contributed by atoms with E-state index in [1.165, 1.54) is 45.9 Å². The highest BCUT2D eigenvalue weighted by Crippen LogP contribution is 2.30. The van der Waals surface area contributed by atoms with Crippen molar-refractivity contribution in [2.24, 2.45) is 0 Å². The number of hydrogen-bond donors (Lipinski definition) is 1. The third-order valence-electron chi connectivity index (χ3n) is 6.26. The maximum atomic E-state index is 13.5. The van der Waals surface area contributed by atoms with Crippen molar-refractivity contribution in [3.63, 3.8) is 0 Å². The zero-order chi connectivity index (χ0) is 26.7. The summed E-state index contributed by atoms with van der Waals surface area (Å²) in [4.78, 5) is 32.5. The second-order valence-corrected chi connectivity index (χ2v) is 8.74. The van der Waals surface area contributed by atoms with Gasteiger partial charge in [-0.2, -0.15) is 13.2 Å². The second kappa shape index (κ2) is 10.5. The van der Waals surface area contributed by atoms with Crippen LogP contribution in [0.15, 0.2) is 53.3 Å². The zero-order valence-electron chi connectivity index (χ0n) is 20.0. The van der Waals surface area contributed by atoms with Crippen molar-refractivity contribution in [3.05, 3.63) is 92.6 Å². The monoisotopic (exact) mass is 512 g/mol. The molecule has 2 aromatic carbocycles. The number of benzene rings is 2. The molecule has 10 heteroatoms. The van der Waals surface area contributed by atoms with Crippen molar-refractivity contribution >= 4 is 11.9 Å². The Hall–Kier alpha value is -4.13. The molecule has 3 aromatic rings. The number of carbonyl (C=O) groups excluding carboxylic acids is 1. The first-order valence-corrected chi connectivity index (χ1v) is 11.6. The highest BCUT2D eigenvalue weighted by molar-refractivity contribution is 5.94. The van der Waals surface area contributed by atoms with Crippen molar-refractivity contribution in [1.29, 1.82) is 0 Å². The number of rotatable bonds is 6. The van der Waals surface area contributed by atoms with Crippen molar-refractivity contribution in [1.82, 2.24) is 14.5 Å². The van der Waals surface area contributed by atoms with E-state index in [4.69, 9.17) is 6.42 Å². The quantitative estimate of drug-likeness (QED) is 0.381. The van der Waals surface area contributed by atoms with E-state index < -0.39 is 23.6 Å². The molecule has 37 heavy (non-hydrogen) atoms. The van der Waals surface area contributed by atoms with Gasteiger partial charge in [-0.05, 0) is 48.9 Å². The summed E-state index contributed by atoms with van der Waals surface area (Å²) in [5.74, 6) is 1.97. The minimum Gasteiger partial charge on any atom is -0.349 e. The van der Waals surface area contributed by atoms with Gasteiger partial charge in [0.25, 0.3) is 11.5 Å². The van der Waals surface area contributed by atoms with Crippen LogP contribution in [-0.2, 0) is 25.7 Å². The normalized spacial score (nSPS) is 14.0. The Morgan fingerprint density at radius 1 is 1.16 bits per heavy atom. The molecule has 0 radical (unpaired) electrons. The summed E-state index contributed by atoms with van der Waals surface area (Å²) >= 11 is 0. The first-order chi connectivity index (χ1) is 17.6. The Balaban J connectivity index is 1.61. The van der Waals surface area contributed by atoms with E-state index in [0.717, 1.165) is 12.1 Å². The summed E-state index contributed by atoms with van der Waals surface area (Å²) in [5, 5.41) is 3.14. The van der Waals surface area contributed by atoms with Crippen molar-refractivity contribution < 1.29 is 22.4 Å². The number of hydrogen-bond acceptors (Lipinski definition) is 4. The molecule has 0 saturated heterocycles. The van der Waals surface area contributed by atoms with Crippen LogP contribution in [0.25, 0.3) is 0 Å². The molecule has 1 atom stereocenters. The van der Waals surface area contributed by atoms with Gasteiger partial charge in [-0.3, -0.25) is 14.2 Å². The molecule has 1 N–H and O–H groups in total. The first-order valence-electron chi connectivity index (χ1n) is 11.6. The van der Waals surface area contributed by atoms with Gasteiger partial charge < -0.3 is 10.2 Å². The maximum absolute atomic E-state index is 13.5. The molecule has 2 heterocycles. The van der Waals surface area contributed by atoms with Gasteiger partial charge in [0.15, 0.2) is 0 Å². The van der Waals surface area contributed by atoms with Gasteiger partial charge in [0.05, 0.1) is 29.4 Å². The number of terminal acetylenes is 1. The Morgan fingerprint density at radius 3 is 2.46 bits per heavy atom. The summed E-state index contributed by atoms with van der Waals surface area (Å²) in [5.41, 5.74) is 0.701. The van der Waals surface area contributed by atoms with E-state index in [1.54, 1.807) is 6.92 Å². The molecule has 1 aromatic heterocycles. The number of alkyl halides is 3. The molecule has 0 saturated carbocycles. The Bertz CT molecular complexity index is 1390. The maximum Gasteiger partial charge on any atom is 0.416 e. The minimum atomic E-state index is -4.43. The number of nitrogens with one attached hydrogen (secondary N) is 1. The van der Waals surface area contributed by atoms with Gasteiger partial charge >= 0.3 is 6.18 Å². The zero-order valence-corrected chi connectivity index (χ0v) is 20.0. The third-order valence-corrected chi connectivity index (χ3v) is 6.26. The van der Waals surface area contributed by atoms with Crippen LogP contribution in [-0.4, -0.2) is 26.9 Å². The van der Waals surface area contributed by atoms with Gasteiger partial charge in [0.1, 0.15) is 5.82 Å². The lowest BCUT2D eigenvalue weighted by molar-refractivity contribution is -0.137. The molecule has 1 amide bonds. The predicted molar refractivity (Wildman–Crippen MR) is 130 cm³/mol. The number of fused-ring (bicyclic) bond motifs is 1. The summed E-state index contributed by atoms with van der Waals surface area (Å²) in [6, 6.07) is 9.51. The highest BCUT2D eigenvalue weighted by atomic mass is 19.4. The van der Waals surface area contributed by atoms with E-state index in [0.29, 0.717) is 35.3 Å². The SMILES string of the molecule is C#CCCn1c(N[C@@H](C)c2ccc(C(F)(F)F)cc2)nc2c(c1=O)CN(C(=O)c1ccc(F)cc1)CC2. The molecule has 4 rings (SSSR count). The van der Waals surface area contributed by atoms with Crippen molar-refractivity contribution in [3.8, 4) is 12.3 Å². The molecular formula is C27H24F4N4O2. The van der Waals surface area contributed by atoms with E-state index in [9.17, 15) is 27.2 Å². The van der Waals surface area contributed by atoms with Crippen molar-refractivity contribution in [2.75, 3.05) is 11.9 Å². The van der Waals surface area contributed by atoms with Crippen LogP contribution < -0.4 is 10.9 Å². The Morgan fingerprint density at radius 2 is 1.84 bits per heavy atom. The molecule has 0 unspecified atom stereocenters. The van der Waals surface area contributed by atoms with Crippen molar-refractivity contribution in [2.45, 2.75) is 45.1 Å². The third kappa shape index (κ3) is 5.66. The topological polar surface area (TPSA) is 67.2 Å². The average molecular weight is 513 g/mol. The summed E-state index contributed by atoms with van der Waals surface area (Å²) < 4.78 is 53.4. The van der Waals surface area contributed by atoms with Gasteiger partial charge in [-0.15, -0.1) is 12.3 Å². The lowest BCUT2D eigenvalue weighted by atomic mass is 10.0. The largest absolute Gasteiger partial charge is 0.416 e. The molecular weight excluding hydrogens is 488 g/mol. The van der Waals surface area contributed by atoms with Crippen LogP contribution in [0.2, 0.25) is 0 Å². The fraction of sp³-hybridized carbons (Fsp3) is 0.296. The summed E-state index contributed by atoms with van der Waals surface area (Å²) in [6.07, 6.45) is 1.56. The number of carbonyl (C=O) groups is 1. The van der Waals surface area contributed by atoms with Crippen LogP contribution in [0.5, 0.6) is 0 Å². The Kier molecular flexibility index (Phi) is 7.34. The van der Waals surface area contributed by atoms with Gasteiger partial charge in [-0.1, -0.05) is 12.1 Å². The van der Waals surface area contributed by atoms with E-state index in [-0.39, 0.29) is 36.9 Å². The summed E-state index contributed by atoms with van der Waals surface area (Å²) in [7, 11) is 0. The fourth-order valence-corrected chi connectivity index (χ4v) is 4.19. The number of aromatic nitrogens is 2. The molecule has 6 nitrogen and oxygen atoms in total. The smallest absolute Gasteiger partial charge is 0.349 e. The first kappa shape index (κ1) is 25.9. The predicted octanol–water partition coefficient (Wildman–Crippen LogP) is 4.80. The Labute approximate surface area is 210 Å². The van der Waals surface area contributed by atoms with Crippen LogP contribution in [0.4, 0.5) is 23.5 Å². The molecule has 0 aliphatic carbocycles. The second-order valence-electron chi connectivity index (χ2n) is 8.74. The fourth-order valence-electron chi connectivity index (χ4n) is 4.19. The number of nitrogens with zero attached hydrogens (tertiary/aromatic N) is 3. The lowest BCUT2D eigenvalue weighted by Crippen LogP contribution is -2.41. The van der Waals surface area contributed by atoms with Crippen LogP contribution >= 0.6 is 0 Å². The number of amides is 1. The van der Waals surface area contributed by atoms with Crippen LogP contribution in [0.3, 0.4) is 0 Å². The highest BCUT2D eigenvalue weighted by Gasteiger charge is 2.30. The molecule has 0 spiro atoms. The lowest BCUT2D eigenvalue weighted by Gasteiger charge is -2.29. The van der Waals surface area contributed by atoms with Gasteiger partial charge in [-0.25, -0.2) is 9.37 Å². The minimum absolute atomic E-state index is 0.0438. The molecule has 0 fully saturated rings. The van der Waals surface area contributed by atoms with E-state index >= 15 is 0 Å². The van der Waals surface area contributed by atoms with Gasteiger partial charge in [0, 0.05) is 31.5 Å². The number of anilines is 1. The molecule has 0 bridgehead atoms. The van der Waals surface area contributed by atoms with E-state index in [1.807, 2.05) is 0 Å². The molecule has 192 valence electrons. The van der Waals surface area contributed by atoms with Gasteiger partial charge in [0.2, 0.25) is 5.95 Å². The average Bonchev–Trinajstić information content (AvgIpc) is 2.88. The molecule has 1 aliphatic rings. The summed E-state index contributed by atoms with van der Waals surface area (Å²) in [6.45, 7) is 2.28. The molecule has 1 aliphatic heterocycles. The van der Waals surface area contributed by atoms with E-state index in [2.05, 4.69) is 16.2 Å². The standard InChI is InChI=1S/C27H24F4N4O2/c1-3-4-14-35-25(37)22-16-34(24(36)19-7-11-21(28)12-8-19)15-13-23(22)33-26(35)32-17(2)18-5-9-20(10-6-18)27(29,30)31/h1,5-12,17H,4,13-16H2,2H3,(H,32,33)/t17-/m0/s1. The van der Waals surface area contributed by atoms with Crippen LogP contribution in [0.1, 0.15) is 52.1 Å². The van der Waals surface area contributed by atoms with Crippen LogP contribution in [0, 0.1) is 18.2 Å². The number of halogens is 4.